The van der Waals surface area contributed by atoms with E-state index in [2.05, 4.69) is 47.2 Å². The highest BCUT2D eigenvalue weighted by molar-refractivity contribution is 6.39. The molecule has 2 aromatic heterocycles. The zero-order chi connectivity index (χ0) is 21.4. The number of benzene rings is 3. The molecule has 154 valence electrons. The molecular weight excluding hydrogens is 386 g/mol. The molecule has 1 aliphatic heterocycles. The number of nitrogens with zero attached hydrogens (tertiary/aromatic N) is 3. The summed E-state index contributed by atoms with van der Waals surface area (Å²) in [6, 6.07) is 16.4. The molecule has 0 unspecified atom stereocenters. The van der Waals surface area contributed by atoms with E-state index in [1.54, 1.807) is 0 Å². The van der Waals surface area contributed by atoms with Crippen LogP contribution in [0.1, 0.15) is 41.5 Å². The van der Waals surface area contributed by atoms with E-state index in [0.29, 0.717) is 17.7 Å². The molecule has 0 atom stereocenters. The van der Waals surface area contributed by atoms with Crippen molar-refractivity contribution in [2.45, 2.75) is 33.9 Å². The van der Waals surface area contributed by atoms with Gasteiger partial charge in [-0.3, -0.25) is 14.5 Å². The second-order valence-corrected chi connectivity index (χ2v) is 8.07. The van der Waals surface area contributed by atoms with Crippen LogP contribution < -0.4 is 0 Å². The second-order valence-electron chi connectivity index (χ2n) is 8.07. The van der Waals surface area contributed by atoms with Gasteiger partial charge in [0.05, 0.1) is 22.2 Å². The Bertz CT molecular complexity index is 1470. The summed E-state index contributed by atoms with van der Waals surface area (Å²) in [4.78, 5) is 28.5. The highest BCUT2D eigenvalue weighted by Gasteiger charge is 2.41. The fourth-order valence-electron chi connectivity index (χ4n) is 5.59. The SMILES string of the molecule is CCN1C(=O)c2c(c3c4ccccc4n(CC)c3c3c2c2ccccc2n3CC)C1=O. The molecule has 0 aliphatic carbocycles. The van der Waals surface area contributed by atoms with Crippen molar-refractivity contribution in [2.24, 2.45) is 0 Å². The largest absolute Gasteiger partial charge is 0.339 e. The number of rotatable bonds is 3. The topological polar surface area (TPSA) is 47.2 Å². The van der Waals surface area contributed by atoms with Gasteiger partial charge in [0.25, 0.3) is 11.8 Å². The molecule has 5 aromatic rings. The first kappa shape index (κ1) is 18.2. The lowest BCUT2D eigenvalue weighted by atomic mass is 9.96. The van der Waals surface area contributed by atoms with Gasteiger partial charge in [-0.2, -0.15) is 0 Å². The van der Waals surface area contributed by atoms with E-state index in [-0.39, 0.29) is 11.8 Å². The van der Waals surface area contributed by atoms with Gasteiger partial charge in [0, 0.05) is 52.2 Å². The Morgan fingerprint density at radius 1 is 0.613 bits per heavy atom. The van der Waals surface area contributed by atoms with Crippen LogP contribution in [0.5, 0.6) is 0 Å². The molecule has 0 N–H and O–H groups in total. The fraction of sp³-hybridized carbons (Fsp3) is 0.231. The van der Waals surface area contributed by atoms with Crippen molar-refractivity contribution in [1.29, 1.82) is 0 Å². The third-order valence-electron chi connectivity index (χ3n) is 6.78. The van der Waals surface area contributed by atoms with Crippen molar-refractivity contribution in [1.82, 2.24) is 14.0 Å². The molecular formula is C26H23N3O2. The smallest absolute Gasteiger partial charge is 0.262 e. The molecule has 6 rings (SSSR count). The van der Waals surface area contributed by atoms with Crippen LogP contribution in [0.15, 0.2) is 48.5 Å². The Morgan fingerprint density at radius 3 is 1.42 bits per heavy atom. The predicted molar refractivity (Wildman–Crippen MR) is 125 cm³/mol. The van der Waals surface area contributed by atoms with Crippen LogP contribution in [0, 0.1) is 0 Å². The van der Waals surface area contributed by atoms with Crippen molar-refractivity contribution in [2.75, 3.05) is 6.54 Å². The van der Waals surface area contributed by atoms with Crippen LogP contribution in [0.3, 0.4) is 0 Å². The minimum atomic E-state index is -0.179. The Morgan fingerprint density at radius 2 is 1.03 bits per heavy atom. The molecule has 0 saturated heterocycles. The molecule has 5 nitrogen and oxygen atoms in total. The average molecular weight is 409 g/mol. The number of carbonyl (C=O) groups is 2. The third-order valence-corrected chi connectivity index (χ3v) is 6.78. The molecule has 1 aliphatic rings. The Labute approximate surface area is 179 Å². The zero-order valence-corrected chi connectivity index (χ0v) is 17.9. The minimum Gasteiger partial charge on any atom is -0.339 e. The molecule has 5 heteroatoms. The number of hydrogen-bond acceptors (Lipinski definition) is 2. The number of aromatic nitrogens is 2. The van der Waals surface area contributed by atoms with Gasteiger partial charge in [-0.05, 0) is 32.9 Å². The zero-order valence-electron chi connectivity index (χ0n) is 17.9. The van der Waals surface area contributed by atoms with E-state index in [1.807, 2.05) is 31.2 Å². The molecule has 0 saturated carbocycles. The maximum absolute atomic E-state index is 13.5. The van der Waals surface area contributed by atoms with Gasteiger partial charge in [-0.25, -0.2) is 0 Å². The number of aryl methyl sites for hydroxylation is 2. The summed E-state index contributed by atoms with van der Waals surface area (Å²) in [6.07, 6.45) is 0. The summed E-state index contributed by atoms with van der Waals surface area (Å²) in [5.41, 5.74) is 5.42. The number of fused-ring (bicyclic) bond motifs is 10. The normalized spacial score (nSPS) is 14.1. The van der Waals surface area contributed by atoms with Gasteiger partial charge in [-0.15, -0.1) is 0 Å². The highest BCUT2D eigenvalue weighted by Crippen LogP contribution is 2.46. The minimum absolute atomic E-state index is 0.179. The van der Waals surface area contributed by atoms with Gasteiger partial charge in [0.1, 0.15) is 0 Å². The van der Waals surface area contributed by atoms with E-state index in [4.69, 9.17) is 0 Å². The van der Waals surface area contributed by atoms with Gasteiger partial charge in [-0.1, -0.05) is 36.4 Å². The molecule has 31 heavy (non-hydrogen) atoms. The molecule has 0 spiro atoms. The van der Waals surface area contributed by atoms with Gasteiger partial charge < -0.3 is 9.13 Å². The summed E-state index contributed by atoms with van der Waals surface area (Å²) >= 11 is 0. The van der Waals surface area contributed by atoms with E-state index < -0.39 is 0 Å². The Kier molecular flexibility index (Phi) is 3.64. The second kappa shape index (κ2) is 6.20. The standard InChI is InChI=1S/C26H23N3O2/c1-4-27-17-13-9-7-11-15(17)19-21-22(26(31)29(6-3)25(21)30)20-16-12-8-10-14-18(16)28(5-2)24(20)23(19)27/h7-14H,4-6H2,1-3H3. The van der Waals surface area contributed by atoms with E-state index >= 15 is 0 Å². The summed E-state index contributed by atoms with van der Waals surface area (Å²) in [5.74, 6) is -0.358. The quantitative estimate of drug-likeness (QED) is 0.366. The van der Waals surface area contributed by atoms with E-state index in [9.17, 15) is 9.59 Å². The van der Waals surface area contributed by atoms with Crippen LogP contribution in [-0.2, 0) is 13.1 Å². The summed E-state index contributed by atoms with van der Waals surface area (Å²) < 4.78 is 4.59. The lowest BCUT2D eigenvalue weighted by molar-refractivity contribution is 0.0664. The summed E-state index contributed by atoms with van der Waals surface area (Å²) in [7, 11) is 0. The van der Waals surface area contributed by atoms with Crippen molar-refractivity contribution in [3.8, 4) is 0 Å². The lowest BCUT2D eigenvalue weighted by Crippen LogP contribution is -2.29. The first-order chi connectivity index (χ1) is 15.1. The van der Waals surface area contributed by atoms with E-state index in [0.717, 1.165) is 56.7 Å². The fourth-order valence-corrected chi connectivity index (χ4v) is 5.59. The van der Waals surface area contributed by atoms with Crippen LogP contribution >= 0.6 is 0 Å². The first-order valence-corrected chi connectivity index (χ1v) is 11.0. The highest BCUT2D eigenvalue weighted by atomic mass is 16.2. The maximum atomic E-state index is 13.5. The van der Waals surface area contributed by atoms with Crippen molar-refractivity contribution in [3.63, 3.8) is 0 Å². The average Bonchev–Trinajstić information content (AvgIpc) is 3.39. The number of para-hydroxylation sites is 2. The molecule has 3 aromatic carbocycles. The Balaban J connectivity index is 2.04. The third kappa shape index (κ3) is 2.01. The van der Waals surface area contributed by atoms with Gasteiger partial charge in [0.2, 0.25) is 0 Å². The summed E-state index contributed by atoms with van der Waals surface area (Å²) in [6.45, 7) is 8.06. The predicted octanol–water partition coefficient (Wildman–Crippen LogP) is 5.56. The lowest BCUT2D eigenvalue weighted by Gasteiger charge is -2.10. The first-order valence-electron chi connectivity index (χ1n) is 11.0. The number of amides is 2. The van der Waals surface area contributed by atoms with Crippen molar-refractivity contribution < 1.29 is 9.59 Å². The summed E-state index contributed by atoms with van der Waals surface area (Å²) in [5, 5.41) is 3.88. The number of imide groups is 1. The molecule has 3 heterocycles. The Hall–Kier alpha value is -3.60. The van der Waals surface area contributed by atoms with Crippen LogP contribution in [-0.4, -0.2) is 32.4 Å². The number of hydrogen-bond donors (Lipinski definition) is 0. The molecule has 0 bridgehead atoms. The van der Waals surface area contributed by atoms with Crippen molar-refractivity contribution in [3.05, 3.63) is 59.7 Å². The molecule has 0 radical (unpaired) electrons. The molecule has 2 amide bonds. The van der Waals surface area contributed by atoms with Crippen LogP contribution in [0.4, 0.5) is 0 Å². The molecule has 0 fully saturated rings. The monoisotopic (exact) mass is 409 g/mol. The number of carbonyl (C=O) groups excluding carboxylic acids is 2. The van der Waals surface area contributed by atoms with E-state index in [1.165, 1.54) is 4.90 Å². The van der Waals surface area contributed by atoms with Gasteiger partial charge in [0.15, 0.2) is 0 Å². The maximum Gasteiger partial charge on any atom is 0.262 e. The van der Waals surface area contributed by atoms with Crippen LogP contribution in [0.25, 0.3) is 43.6 Å². The van der Waals surface area contributed by atoms with Crippen molar-refractivity contribution >= 4 is 55.4 Å². The van der Waals surface area contributed by atoms with Gasteiger partial charge >= 0.3 is 0 Å². The van der Waals surface area contributed by atoms with Crippen LogP contribution in [0.2, 0.25) is 0 Å².